The minimum absolute atomic E-state index is 0.357. The van der Waals surface area contributed by atoms with Crippen LogP contribution in [-0.2, 0) is 6.54 Å². The maximum atomic E-state index is 5.58. The Morgan fingerprint density at radius 1 is 1.12 bits per heavy atom. The summed E-state index contributed by atoms with van der Waals surface area (Å²) >= 11 is 1.80. The van der Waals surface area contributed by atoms with Gasteiger partial charge in [0.1, 0.15) is 10.7 Å². The van der Waals surface area contributed by atoms with E-state index in [1.807, 2.05) is 30.3 Å². The first kappa shape index (κ1) is 15.7. The third kappa shape index (κ3) is 2.91. The van der Waals surface area contributed by atoms with Crippen LogP contribution in [0.2, 0.25) is 0 Å². The van der Waals surface area contributed by atoms with Crippen molar-refractivity contribution in [2.75, 3.05) is 6.54 Å². The van der Waals surface area contributed by atoms with E-state index < -0.39 is 0 Å². The van der Waals surface area contributed by atoms with E-state index in [0.717, 1.165) is 42.2 Å². The van der Waals surface area contributed by atoms with E-state index in [1.165, 1.54) is 16.1 Å². The van der Waals surface area contributed by atoms with Crippen LogP contribution < -0.4 is 0 Å². The first-order chi connectivity index (χ1) is 12.9. The van der Waals surface area contributed by atoms with Gasteiger partial charge in [0.2, 0.25) is 0 Å². The van der Waals surface area contributed by atoms with Crippen molar-refractivity contribution in [1.82, 2.24) is 20.0 Å². The number of likely N-dealkylation sites (tertiary alicyclic amines) is 1. The Balaban J connectivity index is 1.37. The molecule has 1 aliphatic rings. The summed E-state index contributed by atoms with van der Waals surface area (Å²) in [6, 6.07) is 16.5. The molecule has 1 aliphatic heterocycles. The van der Waals surface area contributed by atoms with Gasteiger partial charge in [0.05, 0.1) is 28.5 Å². The van der Waals surface area contributed by atoms with Gasteiger partial charge in [-0.3, -0.25) is 9.88 Å². The first-order valence-corrected chi connectivity index (χ1v) is 9.65. The zero-order valence-electron chi connectivity index (χ0n) is 14.2. The standard InChI is InChI=1S/C20H18N4OS/c1-2-9-19-16(7-1)22-20(26-19)18-8-5-11-24(18)13-14-12-17(23-25-14)15-6-3-4-10-21-15/h1-4,6-7,9-10,12,18H,5,8,11,13H2/t18-/m0/s1. The highest BCUT2D eigenvalue weighted by atomic mass is 32.1. The minimum atomic E-state index is 0.357. The second-order valence-corrected chi connectivity index (χ2v) is 7.60. The molecule has 0 bridgehead atoms. The predicted octanol–water partition coefficient (Wildman–Crippen LogP) is 4.68. The van der Waals surface area contributed by atoms with Gasteiger partial charge in [-0.2, -0.15) is 0 Å². The molecule has 26 heavy (non-hydrogen) atoms. The molecule has 3 aromatic heterocycles. The average Bonchev–Trinajstić information content (AvgIpc) is 3.41. The van der Waals surface area contributed by atoms with Gasteiger partial charge >= 0.3 is 0 Å². The number of thiazole rings is 1. The van der Waals surface area contributed by atoms with Crippen molar-refractivity contribution in [3.8, 4) is 11.4 Å². The molecule has 4 aromatic rings. The molecule has 0 aliphatic carbocycles. The number of nitrogens with zero attached hydrogens (tertiary/aromatic N) is 4. The first-order valence-electron chi connectivity index (χ1n) is 8.83. The number of para-hydroxylation sites is 1. The molecule has 1 atom stereocenters. The number of fused-ring (bicyclic) bond motifs is 1. The van der Waals surface area contributed by atoms with Gasteiger partial charge in [0, 0.05) is 12.3 Å². The largest absolute Gasteiger partial charge is 0.359 e. The van der Waals surface area contributed by atoms with Crippen LogP contribution in [0.5, 0.6) is 0 Å². The maximum absolute atomic E-state index is 5.58. The highest BCUT2D eigenvalue weighted by molar-refractivity contribution is 7.18. The van der Waals surface area contributed by atoms with E-state index in [9.17, 15) is 0 Å². The van der Waals surface area contributed by atoms with Crippen LogP contribution in [0.15, 0.2) is 59.3 Å². The van der Waals surface area contributed by atoms with E-state index in [2.05, 4.69) is 33.2 Å². The van der Waals surface area contributed by atoms with Crippen LogP contribution in [0, 0.1) is 0 Å². The normalized spacial score (nSPS) is 17.9. The monoisotopic (exact) mass is 362 g/mol. The molecular weight excluding hydrogens is 344 g/mol. The number of hydrogen-bond donors (Lipinski definition) is 0. The summed E-state index contributed by atoms with van der Waals surface area (Å²) in [6.45, 7) is 1.81. The van der Waals surface area contributed by atoms with Crippen LogP contribution in [0.25, 0.3) is 21.6 Å². The fourth-order valence-electron chi connectivity index (χ4n) is 3.55. The lowest BCUT2D eigenvalue weighted by atomic mass is 10.2. The SMILES string of the molecule is c1ccc(-c2cc(CN3CCC[C@H]3c3nc4ccccc4s3)on2)nc1. The van der Waals surface area contributed by atoms with Gasteiger partial charge in [-0.15, -0.1) is 11.3 Å². The average molecular weight is 362 g/mol. The molecule has 4 heterocycles. The van der Waals surface area contributed by atoms with E-state index in [1.54, 1.807) is 17.5 Å². The molecule has 5 nitrogen and oxygen atoms in total. The molecule has 1 saturated heterocycles. The number of rotatable bonds is 4. The molecule has 1 aromatic carbocycles. The van der Waals surface area contributed by atoms with E-state index >= 15 is 0 Å². The summed E-state index contributed by atoms with van der Waals surface area (Å²) in [7, 11) is 0. The van der Waals surface area contributed by atoms with E-state index in [4.69, 9.17) is 9.51 Å². The van der Waals surface area contributed by atoms with Crippen LogP contribution >= 0.6 is 11.3 Å². The highest BCUT2D eigenvalue weighted by Crippen LogP contribution is 2.37. The van der Waals surface area contributed by atoms with Gasteiger partial charge < -0.3 is 4.52 Å². The molecule has 5 rings (SSSR count). The van der Waals surface area contributed by atoms with Crippen molar-refractivity contribution in [3.63, 3.8) is 0 Å². The third-order valence-corrected chi connectivity index (χ3v) is 5.94. The van der Waals surface area contributed by atoms with Gasteiger partial charge in [0.15, 0.2) is 5.76 Å². The smallest absolute Gasteiger partial charge is 0.151 e. The Morgan fingerprint density at radius 3 is 2.92 bits per heavy atom. The Hall–Kier alpha value is -2.57. The van der Waals surface area contributed by atoms with Crippen LogP contribution in [-0.4, -0.2) is 26.6 Å². The van der Waals surface area contributed by atoms with Crippen molar-refractivity contribution in [2.24, 2.45) is 0 Å². The zero-order chi connectivity index (χ0) is 17.3. The van der Waals surface area contributed by atoms with Gasteiger partial charge in [-0.05, 0) is 43.7 Å². The second kappa shape index (κ2) is 6.63. The van der Waals surface area contributed by atoms with Crippen LogP contribution in [0.4, 0.5) is 0 Å². The summed E-state index contributed by atoms with van der Waals surface area (Å²) in [5.41, 5.74) is 2.72. The van der Waals surface area contributed by atoms with Crippen molar-refractivity contribution in [3.05, 3.63) is 65.5 Å². The van der Waals surface area contributed by atoms with E-state index in [0.29, 0.717) is 6.04 Å². The molecule has 1 fully saturated rings. The topological polar surface area (TPSA) is 55.1 Å². The van der Waals surface area contributed by atoms with Gasteiger partial charge in [-0.25, -0.2) is 4.98 Å². The maximum Gasteiger partial charge on any atom is 0.151 e. The summed E-state index contributed by atoms with van der Waals surface area (Å²) in [5, 5.41) is 5.39. The summed E-state index contributed by atoms with van der Waals surface area (Å²) in [6.07, 6.45) is 4.09. The highest BCUT2D eigenvalue weighted by Gasteiger charge is 2.29. The fraction of sp³-hybridized carbons (Fsp3) is 0.250. The van der Waals surface area contributed by atoms with Crippen molar-refractivity contribution >= 4 is 21.6 Å². The molecular formula is C20H18N4OS. The molecule has 0 N–H and O–H groups in total. The predicted molar refractivity (Wildman–Crippen MR) is 102 cm³/mol. The molecule has 130 valence electrons. The Bertz CT molecular complexity index is 993. The lowest BCUT2D eigenvalue weighted by Gasteiger charge is -2.20. The number of pyridine rings is 1. The Kier molecular flexibility index (Phi) is 3.99. The van der Waals surface area contributed by atoms with Gasteiger partial charge in [-0.1, -0.05) is 23.4 Å². The van der Waals surface area contributed by atoms with Crippen LogP contribution in [0.1, 0.15) is 29.7 Å². The summed E-state index contributed by atoms with van der Waals surface area (Å²) in [5.74, 6) is 0.874. The summed E-state index contributed by atoms with van der Waals surface area (Å²) in [4.78, 5) is 11.6. The molecule has 0 saturated carbocycles. The minimum Gasteiger partial charge on any atom is -0.359 e. The molecule has 6 heteroatoms. The Morgan fingerprint density at radius 2 is 2.04 bits per heavy atom. The number of benzene rings is 1. The molecule has 0 unspecified atom stereocenters. The quantitative estimate of drug-likeness (QED) is 0.527. The third-order valence-electron chi connectivity index (χ3n) is 4.80. The molecule has 0 radical (unpaired) electrons. The van der Waals surface area contributed by atoms with Gasteiger partial charge in [0.25, 0.3) is 0 Å². The van der Waals surface area contributed by atoms with Crippen molar-refractivity contribution < 1.29 is 4.52 Å². The lowest BCUT2D eigenvalue weighted by molar-refractivity contribution is 0.217. The fourth-order valence-corrected chi connectivity index (χ4v) is 4.69. The van der Waals surface area contributed by atoms with Crippen molar-refractivity contribution in [2.45, 2.75) is 25.4 Å². The molecule has 0 amide bonds. The summed E-state index contributed by atoms with van der Waals surface area (Å²) < 4.78 is 6.83. The molecule has 0 spiro atoms. The van der Waals surface area contributed by atoms with Crippen LogP contribution in [0.3, 0.4) is 0 Å². The van der Waals surface area contributed by atoms with Crippen molar-refractivity contribution in [1.29, 1.82) is 0 Å². The van der Waals surface area contributed by atoms with E-state index in [-0.39, 0.29) is 0 Å². The Labute approximate surface area is 155 Å². The zero-order valence-corrected chi connectivity index (χ0v) is 15.0. The lowest BCUT2D eigenvalue weighted by Crippen LogP contribution is -2.22. The number of hydrogen-bond acceptors (Lipinski definition) is 6. The number of aromatic nitrogens is 3. The second-order valence-electron chi connectivity index (χ2n) is 6.54.